The summed E-state index contributed by atoms with van der Waals surface area (Å²) in [7, 11) is -1.98. The molecule has 1 fully saturated rings. The Morgan fingerprint density at radius 1 is 1.26 bits per heavy atom. The smallest absolute Gasteiger partial charge is 0.260 e. The predicted molar refractivity (Wildman–Crippen MR) is 83.8 cm³/mol. The van der Waals surface area contributed by atoms with Gasteiger partial charge >= 0.3 is 0 Å². The van der Waals surface area contributed by atoms with Crippen LogP contribution in [0.15, 0.2) is 35.5 Å². The van der Waals surface area contributed by atoms with Crippen LogP contribution in [0.5, 0.6) is 0 Å². The van der Waals surface area contributed by atoms with Gasteiger partial charge in [0.2, 0.25) is 0 Å². The van der Waals surface area contributed by atoms with Crippen molar-refractivity contribution < 1.29 is 12.8 Å². The molecule has 0 radical (unpaired) electrons. The van der Waals surface area contributed by atoms with Crippen LogP contribution in [0.25, 0.3) is 0 Å². The Kier molecular flexibility index (Phi) is 3.99. The summed E-state index contributed by atoms with van der Waals surface area (Å²) in [6.07, 6.45) is 1.36. The second-order valence-corrected chi connectivity index (χ2v) is 7.73. The van der Waals surface area contributed by atoms with Crippen LogP contribution < -0.4 is 5.73 Å². The topological polar surface area (TPSA) is 81.2 Å². The fourth-order valence-electron chi connectivity index (χ4n) is 2.90. The van der Waals surface area contributed by atoms with Crippen molar-refractivity contribution in [3.05, 3.63) is 47.7 Å². The zero-order valence-electron chi connectivity index (χ0n) is 13.0. The molecule has 1 aliphatic rings. The van der Waals surface area contributed by atoms with E-state index in [1.165, 1.54) is 22.6 Å². The van der Waals surface area contributed by atoms with E-state index in [9.17, 15) is 12.8 Å². The summed E-state index contributed by atoms with van der Waals surface area (Å²) in [4.78, 5) is 4.04. The Bertz CT molecular complexity index is 817. The van der Waals surface area contributed by atoms with E-state index in [2.05, 4.69) is 4.98 Å². The molecule has 0 unspecified atom stereocenters. The summed E-state index contributed by atoms with van der Waals surface area (Å²) < 4.78 is 41.6. The number of aryl methyl sites for hydroxylation is 1. The van der Waals surface area contributed by atoms with Crippen molar-refractivity contribution in [2.45, 2.75) is 23.9 Å². The lowest BCUT2D eigenvalue weighted by Crippen LogP contribution is -2.33. The lowest BCUT2D eigenvalue weighted by Gasteiger charge is -2.16. The van der Waals surface area contributed by atoms with Gasteiger partial charge in [0.15, 0.2) is 5.03 Å². The molecule has 1 aliphatic heterocycles. The van der Waals surface area contributed by atoms with E-state index in [1.54, 1.807) is 30.7 Å². The molecule has 0 amide bonds. The highest BCUT2D eigenvalue weighted by Gasteiger charge is 2.39. The molecule has 0 saturated carbocycles. The van der Waals surface area contributed by atoms with Crippen molar-refractivity contribution in [1.82, 2.24) is 13.9 Å². The van der Waals surface area contributed by atoms with Crippen LogP contribution in [0, 0.1) is 12.7 Å². The molecule has 1 saturated heterocycles. The van der Waals surface area contributed by atoms with Crippen molar-refractivity contribution in [2.24, 2.45) is 12.8 Å². The standard InChI is InChI=1S/C15H19FN4O2S/c1-10-18-7-15(19(10)2)23(21,22)20-8-13(14(17)9-20)11-3-5-12(16)6-4-11/h3-7,13-14H,8-9,17H2,1-2H3/t13-,14+/m1/s1. The van der Waals surface area contributed by atoms with Gasteiger partial charge in [-0.25, -0.2) is 17.8 Å². The number of rotatable bonds is 3. The number of nitrogens with zero attached hydrogens (tertiary/aromatic N) is 3. The van der Waals surface area contributed by atoms with Gasteiger partial charge in [-0.3, -0.25) is 0 Å². The van der Waals surface area contributed by atoms with Crippen LogP contribution in [0.4, 0.5) is 4.39 Å². The largest absolute Gasteiger partial charge is 0.326 e. The molecule has 6 nitrogen and oxygen atoms in total. The Labute approximate surface area is 134 Å². The molecule has 23 heavy (non-hydrogen) atoms. The van der Waals surface area contributed by atoms with Crippen LogP contribution in [-0.4, -0.2) is 41.4 Å². The van der Waals surface area contributed by atoms with E-state index in [0.717, 1.165) is 5.56 Å². The zero-order chi connectivity index (χ0) is 16.8. The Morgan fingerprint density at radius 3 is 2.48 bits per heavy atom. The minimum absolute atomic E-state index is 0.153. The average Bonchev–Trinajstić information content (AvgIpc) is 3.05. The van der Waals surface area contributed by atoms with Crippen LogP contribution in [0.3, 0.4) is 0 Å². The van der Waals surface area contributed by atoms with Gasteiger partial charge in [-0.2, -0.15) is 4.31 Å². The summed E-state index contributed by atoms with van der Waals surface area (Å²) in [5.41, 5.74) is 6.98. The molecule has 2 heterocycles. The van der Waals surface area contributed by atoms with Crippen molar-refractivity contribution in [2.75, 3.05) is 13.1 Å². The van der Waals surface area contributed by atoms with E-state index in [-0.39, 0.29) is 35.9 Å². The SMILES string of the molecule is Cc1ncc(S(=O)(=O)N2C[C@H](c3ccc(F)cc3)[C@@H](N)C2)n1C. The molecule has 2 aromatic rings. The number of halogens is 1. The summed E-state index contributed by atoms with van der Waals surface area (Å²) >= 11 is 0. The first-order valence-electron chi connectivity index (χ1n) is 7.30. The van der Waals surface area contributed by atoms with Gasteiger partial charge in [-0.1, -0.05) is 12.1 Å². The van der Waals surface area contributed by atoms with Gasteiger partial charge in [-0.05, 0) is 24.6 Å². The summed E-state index contributed by atoms with van der Waals surface area (Å²) in [5.74, 6) is 0.150. The molecule has 8 heteroatoms. The highest BCUT2D eigenvalue weighted by Crippen LogP contribution is 2.30. The zero-order valence-corrected chi connectivity index (χ0v) is 13.8. The number of hydrogen-bond donors (Lipinski definition) is 1. The summed E-state index contributed by atoms with van der Waals surface area (Å²) in [6, 6.07) is 5.71. The third-order valence-electron chi connectivity index (χ3n) is 4.41. The van der Waals surface area contributed by atoms with Crippen LogP contribution >= 0.6 is 0 Å². The Hall–Kier alpha value is -1.77. The van der Waals surface area contributed by atoms with Crippen molar-refractivity contribution in [3.8, 4) is 0 Å². The summed E-state index contributed by atoms with van der Waals surface area (Å²) in [6.45, 7) is 2.25. The molecule has 124 valence electrons. The molecule has 0 aliphatic carbocycles. The quantitative estimate of drug-likeness (QED) is 0.905. The molecule has 3 rings (SSSR count). The van der Waals surface area contributed by atoms with E-state index >= 15 is 0 Å². The second-order valence-electron chi connectivity index (χ2n) is 5.85. The number of nitrogens with two attached hydrogens (primary N) is 1. The maximum absolute atomic E-state index is 13.1. The van der Waals surface area contributed by atoms with Gasteiger partial charge < -0.3 is 10.3 Å². The molecule has 1 aromatic carbocycles. The minimum atomic E-state index is -3.65. The second kappa shape index (κ2) is 5.70. The molecule has 0 spiro atoms. The van der Waals surface area contributed by atoms with Gasteiger partial charge in [0.1, 0.15) is 11.6 Å². The molecule has 2 N–H and O–H groups in total. The van der Waals surface area contributed by atoms with Crippen LogP contribution in [-0.2, 0) is 17.1 Å². The number of sulfonamides is 1. The molecular formula is C15H19FN4O2S. The first-order chi connectivity index (χ1) is 10.8. The molecule has 1 aromatic heterocycles. The van der Waals surface area contributed by atoms with Gasteiger partial charge in [0, 0.05) is 32.1 Å². The van der Waals surface area contributed by atoms with Gasteiger partial charge in [0.05, 0.1) is 6.20 Å². The van der Waals surface area contributed by atoms with Crippen LogP contribution in [0.1, 0.15) is 17.3 Å². The normalized spacial score (nSPS) is 22.6. The van der Waals surface area contributed by atoms with Crippen molar-refractivity contribution in [3.63, 3.8) is 0 Å². The van der Waals surface area contributed by atoms with Gasteiger partial charge in [0.25, 0.3) is 10.0 Å². The fourth-order valence-corrected chi connectivity index (χ4v) is 4.56. The third kappa shape index (κ3) is 2.77. The maximum atomic E-state index is 13.1. The van der Waals surface area contributed by atoms with Gasteiger partial charge in [-0.15, -0.1) is 0 Å². The van der Waals surface area contributed by atoms with E-state index < -0.39 is 10.0 Å². The highest BCUT2D eigenvalue weighted by atomic mass is 32.2. The molecular weight excluding hydrogens is 319 g/mol. The first kappa shape index (κ1) is 16.1. The average molecular weight is 338 g/mol. The highest BCUT2D eigenvalue weighted by molar-refractivity contribution is 7.89. The Morgan fingerprint density at radius 2 is 1.91 bits per heavy atom. The third-order valence-corrected chi connectivity index (χ3v) is 6.30. The van der Waals surface area contributed by atoms with Crippen molar-refractivity contribution >= 4 is 10.0 Å². The molecule has 0 bridgehead atoms. The Balaban J connectivity index is 1.88. The predicted octanol–water partition coefficient (Wildman–Crippen LogP) is 0.983. The minimum Gasteiger partial charge on any atom is -0.326 e. The van der Waals surface area contributed by atoms with E-state index in [1.807, 2.05) is 0 Å². The number of benzene rings is 1. The molecule has 2 atom stereocenters. The lowest BCUT2D eigenvalue weighted by molar-refractivity contribution is 0.463. The number of aromatic nitrogens is 2. The van der Waals surface area contributed by atoms with Crippen molar-refractivity contribution in [1.29, 1.82) is 0 Å². The summed E-state index contributed by atoms with van der Waals surface area (Å²) in [5, 5.41) is 0.155. The van der Waals surface area contributed by atoms with E-state index in [0.29, 0.717) is 5.82 Å². The fraction of sp³-hybridized carbons (Fsp3) is 0.400. The lowest BCUT2D eigenvalue weighted by atomic mass is 9.95. The maximum Gasteiger partial charge on any atom is 0.260 e. The number of imidazole rings is 1. The van der Waals surface area contributed by atoms with Crippen LogP contribution in [0.2, 0.25) is 0 Å². The number of hydrogen-bond acceptors (Lipinski definition) is 4. The van der Waals surface area contributed by atoms with E-state index in [4.69, 9.17) is 5.73 Å². The first-order valence-corrected chi connectivity index (χ1v) is 8.74. The monoisotopic (exact) mass is 338 g/mol.